The van der Waals surface area contributed by atoms with Crippen LogP contribution in [0.4, 0.5) is 13.2 Å². The number of halogens is 4. The van der Waals surface area contributed by atoms with Crippen molar-refractivity contribution in [3.63, 3.8) is 0 Å². The summed E-state index contributed by atoms with van der Waals surface area (Å²) >= 11 is 1.61. The fourth-order valence-corrected chi connectivity index (χ4v) is 1.81. The molecule has 0 saturated carbocycles. The van der Waals surface area contributed by atoms with Crippen LogP contribution in [0.15, 0.2) is 12.1 Å². The Morgan fingerprint density at radius 3 is 2.31 bits per heavy atom. The van der Waals surface area contributed by atoms with Crippen LogP contribution in [-0.4, -0.2) is 12.2 Å². The van der Waals surface area contributed by atoms with Crippen LogP contribution in [0.3, 0.4) is 0 Å². The molecular formula is C9H5F3INO2. The van der Waals surface area contributed by atoms with Crippen LogP contribution in [0.2, 0.25) is 0 Å². The summed E-state index contributed by atoms with van der Waals surface area (Å²) in [5.41, 5.74) is 2.61. The molecule has 0 heterocycles. The third-order valence-electron chi connectivity index (χ3n) is 1.83. The minimum atomic E-state index is -4.69. The molecule has 0 radical (unpaired) electrons. The molecule has 1 rings (SSSR count). The van der Waals surface area contributed by atoms with Crippen molar-refractivity contribution in [2.45, 2.75) is 6.18 Å². The van der Waals surface area contributed by atoms with Crippen LogP contribution in [0, 0.1) is 3.57 Å². The van der Waals surface area contributed by atoms with Crippen LogP contribution in [-0.2, 0) is 6.18 Å². The zero-order valence-corrected chi connectivity index (χ0v) is 9.80. The summed E-state index contributed by atoms with van der Waals surface area (Å²) in [5.74, 6) is -1.06. The standard InChI is InChI=1S/C9H5F3INO2/c10-9(11,12)7-2-4(13)1-5(8(14)16)6(7)3-15/h1-3H,(H2,14,16). The van der Waals surface area contributed by atoms with E-state index in [1.165, 1.54) is 0 Å². The molecule has 0 spiro atoms. The number of benzene rings is 1. The quantitative estimate of drug-likeness (QED) is 0.661. The second-order valence-electron chi connectivity index (χ2n) is 2.89. The lowest BCUT2D eigenvalue weighted by Crippen LogP contribution is -2.18. The predicted octanol–water partition coefficient (Wildman–Crippen LogP) is 2.22. The van der Waals surface area contributed by atoms with Gasteiger partial charge in [0.25, 0.3) is 0 Å². The highest BCUT2D eigenvalue weighted by Gasteiger charge is 2.35. The van der Waals surface area contributed by atoms with Crippen molar-refractivity contribution in [2.75, 3.05) is 0 Å². The van der Waals surface area contributed by atoms with Gasteiger partial charge in [0.05, 0.1) is 11.1 Å². The van der Waals surface area contributed by atoms with Crippen molar-refractivity contribution >= 4 is 34.8 Å². The van der Waals surface area contributed by atoms with Crippen molar-refractivity contribution in [3.8, 4) is 0 Å². The molecular weight excluding hydrogens is 338 g/mol. The largest absolute Gasteiger partial charge is 0.417 e. The first-order valence-electron chi connectivity index (χ1n) is 3.93. The molecule has 0 aliphatic carbocycles. The number of aldehydes is 1. The maximum absolute atomic E-state index is 12.5. The summed E-state index contributed by atoms with van der Waals surface area (Å²) in [5, 5.41) is 0. The molecule has 1 aromatic carbocycles. The van der Waals surface area contributed by atoms with Crippen LogP contribution in [0.5, 0.6) is 0 Å². The van der Waals surface area contributed by atoms with Crippen molar-refractivity contribution < 1.29 is 22.8 Å². The lowest BCUT2D eigenvalue weighted by molar-refractivity contribution is -0.137. The number of primary amides is 1. The van der Waals surface area contributed by atoms with Gasteiger partial charge in [-0.05, 0) is 34.7 Å². The maximum Gasteiger partial charge on any atom is 0.417 e. The van der Waals surface area contributed by atoms with E-state index in [0.717, 1.165) is 12.1 Å². The summed E-state index contributed by atoms with van der Waals surface area (Å²) in [6, 6.07) is 1.93. The Labute approximate surface area is 102 Å². The third-order valence-corrected chi connectivity index (χ3v) is 2.46. The van der Waals surface area contributed by atoms with Crippen molar-refractivity contribution in [3.05, 3.63) is 32.4 Å². The molecule has 0 aromatic heterocycles. The first-order valence-corrected chi connectivity index (χ1v) is 5.01. The molecule has 16 heavy (non-hydrogen) atoms. The minimum Gasteiger partial charge on any atom is -0.366 e. The van der Waals surface area contributed by atoms with Gasteiger partial charge in [0.2, 0.25) is 5.91 Å². The lowest BCUT2D eigenvalue weighted by Gasteiger charge is -2.12. The van der Waals surface area contributed by atoms with E-state index in [2.05, 4.69) is 0 Å². The van der Waals surface area contributed by atoms with Gasteiger partial charge in [-0.25, -0.2) is 0 Å². The molecule has 0 saturated heterocycles. The molecule has 0 aliphatic rings. The summed E-state index contributed by atoms with van der Waals surface area (Å²) in [6.07, 6.45) is -4.71. The molecule has 2 N–H and O–H groups in total. The number of hydrogen-bond donors (Lipinski definition) is 1. The molecule has 0 atom stereocenters. The second kappa shape index (κ2) is 4.40. The highest BCUT2D eigenvalue weighted by Crippen LogP contribution is 2.33. The van der Waals surface area contributed by atoms with E-state index in [9.17, 15) is 22.8 Å². The van der Waals surface area contributed by atoms with Gasteiger partial charge in [0.15, 0.2) is 6.29 Å². The first-order chi connectivity index (χ1) is 7.27. The predicted molar refractivity (Wildman–Crippen MR) is 58.1 cm³/mol. The van der Waals surface area contributed by atoms with Crippen LogP contribution < -0.4 is 5.73 Å². The average molecular weight is 343 g/mol. The van der Waals surface area contributed by atoms with Crippen molar-refractivity contribution in [1.82, 2.24) is 0 Å². The van der Waals surface area contributed by atoms with E-state index in [-0.39, 0.29) is 9.86 Å². The maximum atomic E-state index is 12.5. The van der Waals surface area contributed by atoms with Gasteiger partial charge in [-0.2, -0.15) is 13.2 Å². The minimum absolute atomic E-state index is 0.0149. The second-order valence-corrected chi connectivity index (χ2v) is 4.14. The number of carbonyl (C=O) groups excluding carboxylic acids is 2. The fourth-order valence-electron chi connectivity index (χ4n) is 1.18. The van der Waals surface area contributed by atoms with Gasteiger partial charge in [-0.1, -0.05) is 0 Å². The van der Waals surface area contributed by atoms with Gasteiger partial charge < -0.3 is 5.73 Å². The van der Waals surface area contributed by atoms with E-state index in [1.54, 1.807) is 22.6 Å². The summed E-state index contributed by atoms with van der Waals surface area (Å²) in [4.78, 5) is 21.5. The van der Waals surface area contributed by atoms with Crippen LogP contribution >= 0.6 is 22.6 Å². The van der Waals surface area contributed by atoms with E-state index in [0.29, 0.717) is 0 Å². The Morgan fingerprint density at radius 2 is 1.94 bits per heavy atom. The zero-order chi connectivity index (χ0) is 12.5. The van der Waals surface area contributed by atoms with Crippen molar-refractivity contribution in [2.24, 2.45) is 5.73 Å². The van der Waals surface area contributed by atoms with Crippen LogP contribution in [0.1, 0.15) is 26.3 Å². The van der Waals surface area contributed by atoms with E-state index < -0.39 is 28.8 Å². The third kappa shape index (κ3) is 2.52. The molecule has 0 bridgehead atoms. The van der Waals surface area contributed by atoms with Crippen molar-refractivity contribution in [1.29, 1.82) is 0 Å². The number of rotatable bonds is 2. The van der Waals surface area contributed by atoms with Crippen LogP contribution in [0.25, 0.3) is 0 Å². The molecule has 7 heteroatoms. The van der Waals surface area contributed by atoms with Gasteiger partial charge >= 0.3 is 6.18 Å². The Hall–Kier alpha value is -1.12. The Bertz CT molecular complexity index is 457. The topological polar surface area (TPSA) is 60.2 Å². The summed E-state index contributed by atoms with van der Waals surface area (Å²) in [7, 11) is 0. The Kier molecular flexibility index (Phi) is 3.56. The Balaban J connectivity index is 3.61. The number of nitrogens with two attached hydrogens (primary N) is 1. The average Bonchev–Trinajstić information content (AvgIpc) is 2.14. The fraction of sp³-hybridized carbons (Fsp3) is 0.111. The lowest BCUT2D eigenvalue weighted by atomic mass is 10.0. The highest BCUT2D eigenvalue weighted by atomic mass is 127. The number of alkyl halides is 3. The van der Waals surface area contributed by atoms with Gasteiger partial charge in [-0.3, -0.25) is 9.59 Å². The number of amides is 1. The van der Waals surface area contributed by atoms with E-state index in [1.807, 2.05) is 0 Å². The normalized spacial score (nSPS) is 11.2. The highest BCUT2D eigenvalue weighted by molar-refractivity contribution is 14.1. The molecule has 0 unspecified atom stereocenters. The van der Waals surface area contributed by atoms with E-state index >= 15 is 0 Å². The van der Waals surface area contributed by atoms with Gasteiger partial charge in [-0.15, -0.1) is 0 Å². The van der Waals surface area contributed by atoms with E-state index in [4.69, 9.17) is 5.73 Å². The molecule has 0 aliphatic heterocycles. The first kappa shape index (κ1) is 12.9. The SMILES string of the molecule is NC(=O)c1cc(I)cc(C(F)(F)F)c1C=O. The zero-order valence-electron chi connectivity index (χ0n) is 7.64. The molecule has 86 valence electrons. The molecule has 0 fully saturated rings. The number of carbonyl (C=O) groups is 2. The Morgan fingerprint density at radius 1 is 1.38 bits per heavy atom. The molecule has 3 nitrogen and oxygen atoms in total. The summed E-state index contributed by atoms with van der Waals surface area (Å²) in [6.45, 7) is 0. The molecule has 1 aromatic rings. The smallest absolute Gasteiger partial charge is 0.366 e. The summed E-state index contributed by atoms with van der Waals surface area (Å²) < 4.78 is 37.8. The monoisotopic (exact) mass is 343 g/mol. The molecule has 1 amide bonds. The van der Waals surface area contributed by atoms with Gasteiger partial charge in [0.1, 0.15) is 0 Å². The van der Waals surface area contributed by atoms with Gasteiger partial charge in [0, 0.05) is 9.13 Å². The number of hydrogen-bond acceptors (Lipinski definition) is 2.